The van der Waals surface area contributed by atoms with Crippen molar-refractivity contribution in [3.63, 3.8) is 0 Å². The highest BCUT2D eigenvalue weighted by molar-refractivity contribution is 7.09. The Bertz CT molecular complexity index is 636. The van der Waals surface area contributed by atoms with E-state index in [2.05, 4.69) is 21.8 Å². The fourth-order valence-electron chi connectivity index (χ4n) is 2.79. The van der Waals surface area contributed by atoms with Gasteiger partial charge in [0.15, 0.2) is 0 Å². The SMILES string of the molecule is CC(c1nccs1)N1CCN(c2ncccc2C(F)(F)F)CC1. The molecule has 8 heteroatoms. The van der Waals surface area contributed by atoms with Crippen LogP contribution in [0, 0.1) is 0 Å². The van der Waals surface area contributed by atoms with E-state index in [1.807, 2.05) is 5.38 Å². The van der Waals surface area contributed by atoms with Crippen molar-refractivity contribution in [2.24, 2.45) is 0 Å². The molecule has 0 aliphatic carbocycles. The molecule has 2 aromatic rings. The normalized spacial score (nSPS) is 18.2. The minimum atomic E-state index is -4.38. The number of halogens is 3. The maximum atomic E-state index is 13.1. The van der Waals surface area contributed by atoms with Crippen molar-refractivity contribution in [1.29, 1.82) is 0 Å². The molecule has 1 atom stereocenters. The third kappa shape index (κ3) is 3.48. The number of rotatable bonds is 3. The Labute approximate surface area is 136 Å². The number of hydrogen-bond acceptors (Lipinski definition) is 5. The molecular formula is C15H17F3N4S. The zero-order chi connectivity index (χ0) is 16.4. The number of pyridine rings is 1. The molecule has 3 rings (SSSR count). The standard InChI is InChI=1S/C15H17F3N4S/c1-11(14-20-5-10-23-14)21-6-8-22(9-7-21)13-12(15(16,17)18)3-2-4-19-13/h2-5,10-11H,6-9H2,1H3. The number of piperazine rings is 1. The van der Waals surface area contributed by atoms with Crippen LogP contribution in [-0.2, 0) is 6.18 Å². The van der Waals surface area contributed by atoms with E-state index in [1.54, 1.807) is 22.4 Å². The highest BCUT2D eigenvalue weighted by Gasteiger charge is 2.36. The summed E-state index contributed by atoms with van der Waals surface area (Å²) < 4.78 is 39.3. The first-order valence-corrected chi connectivity index (χ1v) is 8.25. The van der Waals surface area contributed by atoms with E-state index in [-0.39, 0.29) is 11.9 Å². The first-order valence-electron chi connectivity index (χ1n) is 7.37. The van der Waals surface area contributed by atoms with Gasteiger partial charge in [-0.3, -0.25) is 4.90 Å². The van der Waals surface area contributed by atoms with Crippen LogP contribution >= 0.6 is 11.3 Å². The van der Waals surface area contributed by atoms with Crippen LogP contribution in [-0.4, -0.2) is 41.0 Å². The van der Waals surface area contributed by atoms with Gasteiger partial charge in [0, 0.05) is 44.0 Å². The van der Waals surface area contributed by atoms with Crippen molar-refractivity contribution >= 4 is 17.2 Å². The molecule has 0 radical (unpaired) electrons. The Morgan fingerprint density at radius 3 is 2.48 bits per heavy atom. The van der Waals surface area contributed by atoms with Gasteiger partial charge in [-0.2, -0.15) is 13.2 Å². The van der Waals surface area contributed by atoms with Crippen molar-refractivity contribution in [3.8, 4) is 0 Å². The topological polar surface area (TPSA) is 32.3 Å². The molecule has 1 aliphatic rings. The van der Waals surface area contributed by atoms with Gasteiger partial charge in [-0.1, -0.05) is 0 Å². The van der Waals surface area contributed by atoms with Gasteiger partial charge in [0.1, 0.15) is 10.8 Å². The third-order valence-electron chi connectivity index (χ3n) is 4.06. The van der Waals surface area contributed by atoms with Crippen molar-refractivity contribution in [3.05, 3.63) is 40.5 Å². The first-order chi connectivity index (χ1) is 11.0. The number of alkyl halides is 3. The van der Waals surface area contributed by atoms with Gasteiger partial charge in [0.25, 0.3) is 0 Å². The van der Waals surface area contributed by atoms with Crippen LogP contribution in [0.3, 0.4) is 0 Å². The maximum absolute atomic E-state index is 13.1. The van der Waals surface area contributed by atoms with Crippen LogP contribution in [0.15, 0.2) is 29.9 Å². The summed E-state index contributed by atoms with van der Waals surface area (Å²) in [6.07, 6.45) is -1.19. The maximum Gasteiger partial charge on any atom is 0.419 e. The second-order valence-electron chi connectivity index (χ2n) is 5.44. The summed E-state index contributed by atoms with van der Waals surface area (Å²) in [4.78, 5) is 12.2. The first kappa shape index (κ1) is 16.2. The summed E-state index contributed by atoms with van der Waals surface area (Å²) >= 11 is 1.60. The second-order valence-corrected chi connectivity index (χ2v) is 6.37. The largest absolute Gasteiger partial charge is 0.419 e. The van der Waals surface area contributed by atoms with Crippen LogP contribution in [0.1, 0.15) is 23.5 Å². The Kier molecular flexibility index (Phi) is 4.54. The summed E-state index contributed by atoms with van der Waals surface area (Å²) in [5.74, 6) is 0.0292. The molecule has 0 aromatic carbocycles. The molecule has 0 amide bonds. The van der Waals surface area contributed by atoms with E-state index in [1.165, 1.54) is 12.3 Å². The van der Waals surface area contributed by atoms with Gasteiger partial charge in [-0.25, -0.2) is 9.97 Å². The van der Waals surface area contributed by atoms with E-state index >= 15 is 0 Å². The minimum absolute atomic E-state index is 0.0292. The molecule has 1 aliphatic heterocycles. The van der Waals surface area contributed by atoms with Crippen LogP contribution < -0.4 is 4.90 Å². The number of aromatic nitrogens is 2. The quantitative estimate of drug-likeness (QED) is 0.855. The molecule has 1 unspecified atom stereocenters. The highest BCUT2D eigenvalue weighted by atomic mass is 32.1. The summed E-state index contributed by atoms with van der Waals surface area (Å²) in [5.41, 5.74) is -0.665. The summed E-state index contributed by atoms with van der Waals surface area (Å²) in [7, 11) is 0. The smallest absolute Gasteiger partial charge is 0.354 e. The number of thiazole rings is 1. The Hall–Kier alpha value is -1.67. The fraction of sp³-hybridized carbons (Fsp3) is 0.467. The zero-order valence-corrected chi connectivity index (χ0v) is 13.4. The summed E-state index contributed by atoms with van der Waals surface area (Å²) in [6, 6.07) is 2.60. The van der Waals surface area contributed by atoms with Gasteiger partial charge in [0.2, 0.25) is 0 Å². The van der Waals surface area contributed by atoms with Gasteiger partial charge >= 0.3 is 6.18 Å². The number of hydrogen-bond donors (Lipinski definition) is 0. The fourth-order valence-corrected chi connectivity index (χ4v) is 3.52. The van der Waals surface area contributed by atoms with Gasteiger partial charge < -0.3 is 4.90 Å². The molecule has 1 fully saturated rings. The van der Waals surface area contributed by atoms with Crippen molar-refractivity contribution < 1.29 is 13.2 Å². The van der Waals surface area contributed by atoms with Crippen LogP contribution in [0.5, 0.6) is 0 Å². The van der Waals surface area contributed by atoms with Crippen molar-refractivity contribution in [2.75, 3.05) is 31.1 Å². The van der Waals surface area contributed by atoms with Crippen molar-refractivity contribution in [1.82, 2.24) is 14.9 Å². The van der Waals surface area contributed by atoms with Crippen LogP contribution in [0.4, 0.5) is 19.0 Å². The third-order valence-corrected chi connectivity index (χ3v) is 5.01. The predicted octanol–water partition coefficient (Wildman–Crippen LogP) is 3.44. The summed E-state index contributed by atoms with van der Waals surface area (Å²) in [6.45, 7) is 4.51. The molecule has 23 heavy (non-hydrogen) atoms. The van der Waals surface area contributed by atoms with Crippen LogP contribution in [0.25, 0.3) is 0 Å². The van der Waals surface area contributed by atoms with Crippen molar-refractivity contribution in [2.45, 2.75) is 19.1 Å². The lowest BCUT2D eigenvalue weighted by Gasteiger charge is -2.38. The Balaban J connectivity index is 1.70. The number of anilines is 1. The highest BCUT2D eigenvalue weighted by Crippen LogP contribution is 2.35. The predicted molar refractivity (Wildman–Crippen MR) is 83.6 cm³/mol. The van der Waals surface area contributed by atoms with Crippen LogP contribution in [0.2, 0.25) is 0 Å². The molecule has 124 valence electrons. The lowest BCUT2D eigenvalue weighted by atomic mass is 10.2. The van der Waals surface area contributed by atoms with Gasteiger partial charge in [0.05, 0.1) is 11.6 Å². The van der Waals surface area contributed by atoms with E-state index in [0.717, 1.165) is 11.1 Å². The molecule has 1 saturated heterocycles. The van der Waals surface area contributed by atoms with E-state index in [9.17, 15) is 13.2 Å². The Morgan fingerprint density at radius 2 is 1.87 bits per heavy atom. The lowest BCUT2D eigenvalue weighted by Crippen LogP contribution is -2.48. The molecule has 0 spiro atoms. The molecule has 0 saturated carbocycles. The monoisotopic (exact) mass is 342 g/mol. The second kappa shape index (κ2) is 6.45. The average molecular weight is 342 g/mol. The molecule has 3 heterocycles. The molecular weight excluding hydrogens is 325 g/mol. The Morgan fingerprint density at radius 1 is 1.13 bits per heavy atom. The van der Waals surface area contributed by atoms with E-state index in [4.69, 9.17) is 0 Å². The average Bonchev–Trinajstić information content (AvgIpc) is 3.08. The summed E-state index contributed by atoms with van der Waals surface area (Å²) in [5, 5.41) is 2.97. The zero-order valence-electron chi connectivity index (χ0n) is 12.6. The minimum Gasteiger partial charge on any atom is -0.354 e. The van der Waals surface area contributed by atoms with Gasteiger partial charge in [-0.15, -0.1) is 11.3 Å². The van der Waals surface area contributed by atoms with E-state index in [0.29, 0.717) is 26.2 Å². The van der Waals surface area contributed by atoms with E-state index < -0.39 is 11.7 Å². The number of nitrogens with zero attached hydrogens (tertiary/aromatic N) is 4. The molecule has 0 bridgehead atoms. The molecule has 2 aromatic heterocycles. The van der Waals surface area contributed by atoms with Gasteiger partial charge in [-0.05, 0) is 19.1 Å². The lowest BCUT2D eigenvalue weighted by molar-refractivity contribution is -0.137. The molecule has 4 nitrogen and oxygen atoms in total. The molecule has 0 N–H and O–H groups in total.